The van der Waals surface area contributed by atoms with E-state index in [1.54, 1.807) is 31.2 Å². The molecule has 0 N–H and O–H groups in total. The van der Waals surface area contributed by atoms with Crippen molar-refractivity contribution >= 4 is 16.1 Å². The summed E-state index contributed by atoms with van der Waals surface area (Å²) in [6.07, 6.45) is 2.23. The Balaban J connectivity index is 2.02. The number of carbonyl (C=O) groups excluding carboxylic acids is 1. The van der Waals surface area contributed by atoms with Crippen LogP contribution < -0.4 is 0 Å². The molecule has 1 atom stereocenters. The molecule has 0 spiro atoms. The number of alkyl halides is 3. The summed E-state index contributed by atoms with van der Waals surface area (Å²) in [6.45, 7) is 1.98. The number of benzene rings is 1. The van der Waals surface area contributed by atoms with Crippen molar-refractivity contribution in [3.63, 3.8) is 0 Å². The quantitative estimate of drug-likeness (QED) is 0.442. The van der Waals surface area contributed by atoms with Gasteiger partial charge in [-0.3, -0.25) is 0 Å². The Hall–Kier alpha value is -2.03. The number of ether oxygens (including phenoxy) is 1. The van der Waals surface area contributed by atoms with E-state index in [4.69, 9.17) is 4.74 Å². The molecule has 1 aromatic rings. The maximum absolute atomic E-state index is 12.3. The molecule has 0 aliphatic heterocycles. The number of carbonyl (C=O) groups is 1. The Morgan fingerprint density at radius 3 is 2.36 bits per heavy atom. The van der Waals surface area contributed by atoms with Crippen molar-refractivity contribution in [3.05, 3.63) is 47.2 Å². The fourth-order valence-electron chi connectivity index (χ4n) is 2.48. The second-order valence-corrected chi connectivity index (χ2v) is 7.01. The zero-order valence-electron chi connectivity index (χ0n) is 13.4. The van der Waals surface area contributed by atoms with E-state index in [1.165, 1.54) is 6.08 Å². The Labute approximate surface area is 143 Å². The van der Waals surface area contributed by atoms with Gasteiger partial charge in [0.2, 0.25) is 0 Å². The fraction of sp³-hybridized carbons (Fsp3) is 0.438. The van der Waals surface area contributed by atoms with Crippen molar-refractivity contribution in [2.45, 2.75) is 37.6 Å². The van der Waals surface area contributed by atoms with Crippen LogP contribution in [-0.4, -0.2) is 26.5 Å². The van der Waals surface area contributed by atoms with Crippen LogP contribution in [0.4, 0.5) is 13.2 Å². The summed E-state index contributed by atoms with van der Waals surface area (Å²) in [5, 5.41) is 0. The second-order valence-electron chi connectivity index (χ2n) is 5.47. The van der Waals surface area contributed by atoms with E-state index in [0.29, 0.717) is 18.4 Å². The van der Waals surface area contributed by atoms with Gasteiger partial charge in [0.15, 0.2) is 0 Å². The van der Waals surface area contributed by atoms with Gasteiger partial charge < -0.3 is 8.92 Å². The number of hydrogen-bond donors (Lipinski definition) is 0. The van der Waals surface area contributed by atoms with Crippen molar-refractivity contribution < 1.29 is 35.3 Å². The molecule has 1 aliphatic carbocycles. The fourth-order valence-corrected chi connectivity index (χ4v) is 3.01. The molecule has 0 heterocycles. The predicted molar refractivity (Wildman–Crippen MR) is 83.1 cm³/mol. The maximum Gasteiger partial charge on any atom is 0.534 e. The average Bonchev–Trinajstić information content (AvgIpc) is 2.54. The van der Waals surface area contributed by atoms with Crippen LogP contribution in [0.2, 0.25) is 0 Å². The molecular weight excluding hydrogens is 361 g/mol. The number of rotatable bonds is 5. The summed E-state index contributed by atoms with van der Waals surface area (Å²) in [6, 6.07) is 6.75. The number of halogens is 3. The summed E-state index contributed by atoms with van der Waals surface area (Å²) >= 11 is 0. The van der Waals surface area contributed by atoms with Gasteiger partial charge in [0.25, 0.3) is 0 Å². The topological polar surface area (TPSA) is 69.7 Å². The Kier molecular flexibility index (Phi) is 5.76. The van der Waals surface area contributed by atoms with Crippen LogP contribution in [-0.2, 0) is 19.0 Å². The van der Waals surface area contributed by atoms with Gasteiger partial charge in [0, 0.05) is 6.42 Å². The summed E-state index contributed by atoms with van der Waals surface area (Å²) < 4.78 is 68.0. The minimum Gasteiger partial charge on any atom is -0.462 e. The van der Waals surface area contributed by atoms with E-state index < -0.39 is 21.6 Å². The summed E-state index contributed by atoms with van der Waals surface area (Å²) in [5.74, 6) is -0.612. The van der Waals surface area contributed by atoms with Crippen molar-refractivity contribution in [3.8, 4) is 0 Å². The predicted octanol–water partition coefficient (Wildman–Crippen LogP) is 3.88. The highest BCUT2D eigenvalue weighted by Crippen LogP contribution is 2.35. The highest BCUT2D eigenvalue weighted by Gasteiger charge is 2.48. The minimum absolute atomic E-state index is 0.0113. The zero-order chi connectivity index (χ0) is 18.7. The first-order valence-corrected chi connectivity index (χ1v) is 9.01. The van der Waals surface area contributed by atoms with Gasteiger partial charge in [0.1, 0.15) is 5.76 Å². The Bertz CT molecular complexity index is 751. The molecule has 2 rings (SSSR count). The minimum atomic E-state index is -5.62. The van der Waals surface area contributed by atoms with E-state index in [9.17, 15) is 26.4 Å². The lowest BCUT2D eigenvalue weighted by Crippen LogP contribution is -2.25. The SMILES string of the molecule is CCOC(=O)c1ccc(C2CC=C(OS(=O)(=O)C(F)(F)F)CC2)cc1. The molecule has 0 radical (unpaired) electrons. The van der Waals surface area contributed by atoms with Crippen molar-refractivity contribution in [2.75, 3.05) is 6.61 Å². The third kappa shape index (κ3) is 4.75. The van der Waals surface area contributed by atoms with Gasteiger partial charge in [0.05, 0.1) is 12.2 Å². The monoisotopic (exact) mass is 378 g/mol. The lowest BCUT2D eigenvalue weighted by atomic mass is 9.87. The van der Waals surface area contributed by atoms with Crippen LogP contribution in [0.15, 0.2) is 36.1 Å². The summed E-state index contributed by atoms with van der Waals surface area (Å²) in [5.41, 5.74) is -4.12. The summed E-state index contributed by atoms with van der Waals surface area (Å²) in [4.78, 5) is 11.6. The number of esters is 1. The number of allylic oxidation sites excluding steroid dienone is 2. The lowest BCUT2D eigenvalue weighted by Gasteiger charge is -2.22. The van der Waals surface area contributed by atoms with Crippen molar-refractivity contribution in [2.24, 2.45) is 0 Å². The molecule has 0 aromatic heterocycles. The van der Waals surface area contributed by atoms with Crippen LogP contribution >= 0.6 is 0 Å². The van der Waals surface area contributed by atoms with Crippen LogP contribution in [0.25, 0.3) is 0 Å². The third-order valence-electron chi connectivity index (χ3n) is 3.76. The molecule has 138 valence electrons. The van der Waals surface area contributed by atoms with Gasteiger partial charge in [-0.25, -0.2) is 4.79 Å². The van der Waals surface area contributed by atoms with Crippen LogP contribution in [0, 0.1) is 0 Å². The van der Waals surface area contributed by atoms with E-state index in [2.05, 4.69) is 4.18 Å². The molecular formula is C16H17F3O5S. The Morgan fingerprint density at radius 2 is 1.88 bits per heavy atom. The van der Waals surface area contributed by atoms with E-state index >= 15 is 0 Å². The molecule has 0 bridgehead atoms. The first kappa shape index (κ1) is 19.3. The molecule has 0 saturated heterocycles. The van der Waals surface area contributed by atoms with Crippen LogP contribution in [0.5, 0.6) is 0 Å². The molecule has 0 saturated carbocycles. The molecule has 1 aliphatic rings. The Morgan fingerprint density at radius 1 is 1.24 bits per heavy atom. The van der Waals surface area contributed by atoms with Gasteiger partial charge in [-0.15, -0.1) is 0 Å². The molecule has 9 heteroatoms. The van der Waals surface area contributed by atoms with Crippen molar-refractivity contribution in [1.82, 2.24) is 0 Å². The van der Waals surface area contributed by atoms with E-state index in [-0.39, 0.29) is 24.7 Å². The molecule has 0 fully saturated rings. The molecule has 25 heavy (non-hydrogen) atoms. The largest absolute Gasteiger partial charge is 0.534 e. The van der Waals surface area contributed by atoms with E-state index in [1.807, 2.05) is 0 Å². The summed E-state index contributed by atoms with van der Waals surface area (Å²) in [7, 11) is -5.62. The lowest BCUT2D eigenvalue weighted by molar-refractivity contribution is -0.0524. The van der Waals surface area contributed by atoms with Crippen LogP contribution in [0.3, 0.4) is 0 Å². The molecule has 1 unspecified atom stereocenters. The van der Waals surface area contributed by atoms with Gasteiger partial charge >= 0.3 is 21.6 Å². The van der Waals surface area contributed by atoms with Crippen molar-refractivity contribution in [1.29, 1.82) is 0 Å². The average molecular weight is 378 g/mol. The van der Waals surface area contributed by atoms with Gasteiger partial charge in [-0.1, -0.05) is 12.1 Å². The highest BCUT2D eigenvalue weighted by molar-refractivity contribution is 7.87. The smallest absolute Gasteiger partial charge is 0.462 e. The zero-order valence-corrected chi connectivity index (χ0v) is 14.2. The molecule has 1 aromatic carbocycles. The second kappa shape index (κ2) is 7.47. The maximum atomic E-state index is 12.3. The highest BCUT2D eigenvalue weighted by atomic mass is 32.2. The number of hydrogen-bond acceptors (Lipinski definition) is 5. The molecule has 5 nitrogen and oxygen atoms in total. The normalized spacial score (nSPS) is 18.4. The first-order valence-electron chi connectivity index (χ1n) is 7.61. The molecule has 0 amide bonds. The van der Waals surface area contributed by atoms with Crippen LogP contribution in [0.1, 0.15) is 48.0 Å². The standard InChI is InChI=1S/C16H17F3O5S/c1-2-23-15(20)13-5-3-11(4-6-13)12-7-9-14(10-8-12)24-25(21,22)16(17,18)19/h3-6,9,12H,2,7-8,10H2,1H3. The van der Waals surface area contributed by atoms with Gasteiger partial charge in [-0.2, -0.15) is 21.6 Å². The first-order chi connectivity index (χ1) is 11.6. The van der Waals surface area contributed by atoms with E-state index in [0.717, 1.165) is 5.56 Å². The third-order valence-corrected chi connectivity index (χ3v) is 4.76. The van der Waals surface area contributed by atoms with Gasteiger partial charge in [-0.05, 0) is 49.5 Å².